The molecule has 8 heteroatoms. The lowest BCUT2D eigenvalue weighted by Crippen LogP contribution is -2.13. The summed E-state index contributed by atoms with van der Waals surface area (Å²) < 4.78 is 27.4. The average Bonchev–Trinajstić information content (AvgIpc) is 2.36. The first-order valence-electron chi connectivity index (χ1n) is 5.23. The van der Waals surface area contributed by atoms with E-state index in [1.807, 2.05) is 0 Å². The van der Waals surface area contributed by atoms with Gasteiger partial charge in [-0.05, 0) is 40.2 Å². The van der Waals surface area contributed by atoms with E-state index in [0.717, 1.165) is 0 Å². The fourth-order valence-corrected chi connectivity index (χ4v) is 4.19. The zero-order chi connectivity index (χ0) is 14.9. The highest BCUT2D eigenvalue weighted by atomic mass is 79.9. The van der Waals surface area contributed by atoms with Gasteiger partial charge in [0.15, 0.2) is 0 Å². The maximum atomic E-state index is 12.3. The molecule has 2 aromatic rings. The van der Waals surface area contributed by atoms with Crippen molar-refractivity contribution >= 4 is 66.4 Å². The van der Waals surface area contributed by atoms with E-state index >= 15 is 0 Å². The molecule has 0 aliphatic carbocycles. The van der Waals surface area contributed by atoms with Crippen molar-refractivity contribution in [1.82, 2.24) is 0 Å². The third-order valence-corrected chi connectivity index (χ3v) is 5.79. The Hall–Kier alpha value is -0.460. The van der Waals surface area contributed by atoms with Crippen LogP contribution in [0.25, 0.3) is 0 Å². The zero-order valence-electron chi connectivity index (χ0n) is 9.70. The number of benzene rings is 2. The van der Waals surface area contributed by atoms with Crippen molar-refractivity contribution in [3.8, 4) is 0 Å². The Morgan fingerprint density at radius 3 is 2.20 bits per heavy atom. The second kappa shape index (κ2) is 6.12. The maximum absolute atomic E-state index is 12.3. The van der Waals surface area contributed by atoms with Crippen molar-refractivity contribution in [3.63, 3.8) is 0 Å². The van der Waals surface area contributed by atoms with Gasteiger partial charge in [-0.3, -0.25) is 4.72 Å². The molecule has 0 saturated heterocycles. The first-order valence-corrected chi connectivity index (χ1v) is 8.64. The van der Waals surface area contributed by atoms with Crippen molar-refractivity contribution in [2.75, 3.05) is 4.72 Å². The van der Waals surface area contributed by atoms with Crippen LogP contribution in [0.3, 0.4) is 0 Å². The lowest BCUT2D eigenvalue weighted by Gasteiger charge is -2.11. The van der Waals surface area contributed by atoms with Gasteiger partial charge in [0, 0.05) is 4.47 Å². The molecule has 0 atom stereocenters. The lowest BCUT2D eigenvalue weighted by molar-refractivity contribution is 0.601. The van der Waals surface area contributed by atoms with Gasteiger partial charge in [0.2, 0.25) is 0 Å². The summed E-state index contributed by atoms with van der Waals surface area (Å²) in [5.74, 6) is 0. The summed E-state index contributed by atoms with van der Waals surface area (Å²) in [5.41, 5.74) is 0.164. The molecule has 0 aliphatic rings. The standard InChI is InChI=1S/C12H7BrCl3NO2S/c13-7-3-1-2-4-12(7)20(18,19)17-11-6-9(15)8(14)5-10(11)16/h1-6,17H. The minimum atomic E-state index is -3.78. The van der Waals surface area contributed by atoms with Crippen LogP contribution in [0.5, 0.6) is 0 Å². The summed E-state index contributed by atoms with van der Waals surface area (Å²) in [4.78, 5) is 0.0992. The molecule has 2 rings (SSSR count). The molecule has 0 spiro atoms. The van der Waals surface area contributed by atoms with Crippen molar-refractivity contribution in [1.29, 1.82) is 0 Å². The van der Waals surface area contributed by atoms with Crippen LogP contribution in [-0.4, -0.2) is 8.42 Å². The number of rotatable bonds is 3. The third-order valence-electron chi connectivity index (χ3n) is 2.38. The molecule has 0 saturated carbocycles. The van der Waals surface area contributed by atoms with Gasteiger partial charge in [-0.2, -0.15) is 0 Å². The summed E-state index contributed by atoms with van der Waals surface area (Å²) in [5, 5.41) is 0.622. The van der Waals surface area contributed by atoms with Gasteiger partial charge in [0.05, 0.1) is 20.8 Å². The van der Waals surface area contributed by atoms with E-state index in [2.05, 4.69) is 20.7 Å². The minimum Gasteiger partial charge on any atom is -0.278 e. The highest BCUT2D eigenvalue weighted by Gasteiger charge is 2.19. The number of hydrogen-bond acceptors (Lipinski definition) is 2. The fraction of sp³-hybridized carbons (Fsp3) is 0. The lowest BCUT2D eigenvalue weighted by atomic mass is 10.3. The number of halogens is 4. The topological polar surface area (TPSA) is 46.2 Å². The SMILES string of the molecule is O=S(=O)(Nc1cc(Cl)c(Cl)cc1Cl)c1ccccc1Br. The van der Waals surface area contributed by atoms with E-state index in [1.165, 1.54) is 18.2 Å². The molecular formula is C12H7BrCl3NO2S. The number of sulfonamides is 1. The number of anilines is 1. The monoisotopic (exact) mass is 413 g/mol. The highest BCUT2D eigenvalue weighted by molar-refractivity contribution is 9.10. The van der Waals surface area contributed by atoms with Gasteiger partial charge in [-0.25, -0.2) is 8.42 Å². The first kappa shape index (κ1) is 15.9. The molecule has 3 nitrogen and oxygen atoms in total. The average molecular weight is 416 g/mol. The Morgan fingerprint density at radius 2 is 1.55 bits per heavy atom. The third kappa shape index (κ3) is 3.40. The molecule has 20 heavy (non-hydrogen) atoms. The molecule has 0 aliphatic heterocycles. The normalized spacial score (nSPS) is 11.4. The highest BCUT2D eigenvalue weighted by Crippen LogP contribution is 2.34. The van der Waals surface area contributed by atoms with Crippen LogP contribution in [-0.2, 0) is 10.0 Å². The Kier molecular flexibility index (Phi) is 4.87. The molecule has 2 aromatic carbocycles. The van der Waals surface area contributed by atoms with Crippen LogP contribution in [0.15, 0.2) is 45.8 Å². The minimum absolute atomic E-state index is 0.0992. The largest absolute Gasteiger partial charge is 0.278 e. The van der Waals surface area contributed by atoms with Gasteiger partial charge in [-0.15, -0.1) is 0 Å². The summed E-state index contributed by atoms with van der Waals surface area (Å²) >= 11 is 20.8. The van der Waals surface area contributed by atoms with Gasteiger partial charge < -0.3 is 0 Å². The summed E-state index contributed by atoms with van der Waals surface area (Å²) in [6.07, 6.45) is 0. The molecule has 1 N–H and O–H groups in total. The Balaban J connectivity index is 2.44. The van der Waals surface area contributed by atoms with Crippen LogP contribution in [0.2, 0.25) is 15.1 Å². The summed E-state index contributed by atoms with van der Waals surface area (Å²) in [6, 6.07) is 9.18. The smallest absolute Gasteiger partial charge is 0.263 e. The molecule has 0 amide bonds. The molecule has 0 fully saturated rings. The molecular weight excluding hydrogens is 408 g/mol. The van der Waals surface area contributed by atoms with Crippen LogP contribution < -0.4 is 4.72 Å². The van der Waals surface area contributed by atoms with Gasteiger partial charge >= 0.3 is 0 Å². The molecule has 106 valence electrons. The second-order valence-corrected chi connectivity index (χ2v) is 7.51. The number of nitrogens with one attached hydrogen (secondary N) is 1. The quantitative estimate of drug-likeness (QED) is 0.700. The zero-order valence-corrected chi connectivity index (χ0v) is 14.4. The Morgan fingerprint density at radius 1 is 0.950 bits per heavy atom. The van der Waals surface area contributed by atoms with E-state index in [-0.39, 0.29) is 25.7 Å². The van der Waals surface area contributed by atoms with Gasteiger partial charge in [-0.1, -0.05) is 46.9 Å². The van der Waals surface area contributed by atoms with E-state index in [1.54, 1.807) is 18.2 Å². The Labute approximate surface area is 140 Å². The molecule has 0 unspecified atom stereocenters. The maximum Gasteiger partial charge on any atom is 0.263 e. The van der Waals surface area contributed by atoms with Crippen molar-refractivity contribution in [2.45, 2.75) is 4.90 Å². The van der Waals surface area contributed by atoms with E-state index in [0.29, 0.717) is 4.47 Å². The van der Waals surface area contributed by atoms with Crippen LogP contribution in [0, 0.1) is 0 Å². The Bertz CT molecular complexity index is 765. The number of hydrogen-bond donors (Lipinski definition) is 1. The summed E-state index contributed by atoms with van der Waals surface area (Å²) in [7, 11) is -3.78. The fourth-order valence-electron chi connectivity index (χ4n) is 1.46. The molecule has 0 radical (unpaired) electrons. The predicted molar refractivity (Wildman–Crippen MR) is 86.4 cm³/mol. The van der Waals surface area contributed by atoms with Crippen LogP contribution in [0.1, 0.15) is 0 Å². The molecule has 0 aromatic heterocycles. The van der Waals surface area contributed by atoms with E-state index in [9.17, 15) is 8.42 Å². The van der Waals surface area contributed by atoms with Crippen LogP contribution >= 0.6 is 50.7 Å². The van der Waals surface area contributed by atoms with E-state index in [4.69, 9.17) is 34.8 Å². The van der Waals surface area contributed by atoms with Crippen molar-refractivity contribution < 1.29 is 8.42 Å². The van der Waals surface area contributed by atoms with Gasteiger partial charge in [0.1, 0.15) is 4.90 Å². The van der Waals surface area contributed by atoms with Crippen molar-refractivity contribution in [3.05, 3.63) is 55.9 Å². The molecule has 0 bridgehead atoms. The summed E-state index contributed by atoms with van der Waals surface area (Å²) in [6.45, 7) is 0. The first-order chi connectivity index (χ1) is 9.31. The molecule has 0 heterocycles. The predicted octanol–water partition coefficient (Wildman–Crippen LogP) is 5.21. The van der Waals surface area contributed by atoms with Crippen molar-refractivity contribution in [2.24, 2.45) is 0 Å². The second-order valence-electron chi connectivity index (χ2n) is 3.78. The van der Waals surface area contributed by atoms with Gasteiger partial charge in [0.25, 0.3) is 10.0 Å². The van der Waals surface area contributed by atoms with E-state index < -0.39 is 10.0 Å². The van der Waals surface area contributed by atoms with Crippen LogP contribution in [0.4, 0.5) is 5.69 Å².